The van der Waals surface area contributed by atoms with Crippen molar-refractivity contribution in [2.24, 2.45) is 10.7 Å². The van der Waals surface area contributed by atoms with Gasteiger partial charge < -0.3 is 5.73 Å². The Labute approximate surface area is 49.4 Å². The Hall–Kier alpha value is -1.05. The van der Waals surface area contributed by atoms with Gasteiger partial charge in [0.15, 0.2) is 0 Å². The average Bonchev–Trinajstić information content (AvgIpc) is 1.81. The highest BCUT2D eigenvalue weighted by Crippen LogP contribution is 1.69. The van der Waals surface area contributed by atoms with Crippen molar-refractivity contribution in [2.45, 2.75) is 6.92 Å². The van der Waals surface area contributed by atoms with Crippen LogP contribution in [-0.4, -0.2) is 6.21 Å². The first-order valence-electron chi connectivity index (χ1n) is 2.43. The molecule has 0 aromatic rings. The number of aliphatic imine (C=N–C) groups is 1. The van der Waals surface area contributed by atoms with Gasteiger partial charge in [0.25, 0.3) is 0 Å². The summed E-state index contributed by atoms with van der Waals surface area (Å²) in [5.74, 6) is 0. The minimum atomic E-state index is 1.44. The lowest BCUT2D eigenvalue weighted by Gasteiger charge is -1.69. The Balaban J connectivity index is 3.35. The molecule has 0 aromatic carbocycles. The van der Waals surface area contributed by atoms with E-state index < -0.39 is 0 Å². The molecule has 0 aliphatic rings. The largest absolute Gasteiger partial charge is 0.405 e. The molecule has 0 heterocycles. The first-order valence-corrected chi connectivity index (χ1v) is 2.43. The normalized spacial score (nSPS) is 12.6. The van der Waals surface area contributed by atoms with E-state index in [0.717, 1.165) is 0 Å². The van der Waals surface area contributed by atoms with E-state index in [1.807, 2.05) is 13.0 Å². The summed E-state index contributed by atoms with van der Waals surface area (Å²) in [6, 6.07) is 0. The number of nitrogens with two attached hydrogens (primary N) is 1. The Morgan fingerprint density at radius 2 is 2.25 bits per heavy atom. The fourth-order valence-electron chi connectivity index (χ4n) is 0.235. The van der Waals surface area contributed by atoms with Gasteiger partial charge in [-0.2, -0.15) is 0 Å². The van der Waals surface area contributed by atoms with Crippen molar-refractivity contribution in [2.75, 3.05) is 0 Å². The van der Waals surface area contributed by atoms with Gasteiger partial charge in [0.05, 0.1) is 0 Å². The zero-order valence-corrected chi connectivity index (χ0v) is 4.91. The Morgan fingerprint density at radius 3 is 2.75 bits per heavy atom. The van der Waals surface area contributed by atoms with Crippen LogP contribution in [0.3, 0.4) is 0 Å². The molecule has 0 bridgehead atoms. The van der Waals surface area contributed by atoms with Crippen molar-refractivity contribution < 1.29 is 0 Å². The fourth-order valence-corrected chi connectivity index (χ4v) is 0.235. The lowest BCUT2D eigenvalue weighted by molar-refractivity contribution is 1.54. The number of hydrogen-bond acceptors (Lipinski definition) is 2. The number of nitrogens with zero attached hydrogens (tertiary/aromatic N) is 1. The van der Waals surface area contributed by atoms with E-state index in [4.69, 9.17) is 5.73 Å². The summed E-state index contributed by atoms with van der Waals surface area (Å²) in [6.45, 7) is 1.91. The maximum atomic E-state index is 5.01. The minimum absolute atomic E-state index is 1.44. The van der Waals surface area contributed by atoms with E-state index in [1.54, 1.807) is 18.5 Å². The first-order chi connectivity index (χ1) is 3.91. The highest BCUT2D eigenvalue weighted by Gasteiger charge is 1.55. The van der Waals surface area contributed by atoms with Crippen LogP contribution in [0.25, 0.3) is 0 Å². The van der Waals surface area contributed by atoms with Crippen LogP contribution < -0.4 is 5.73 Å². The number of hydrogen-bond donors (Lipinski definition) is 1. The van der Waals surface area contributed by atoms with Crippen molar-refractivity contribution in [3.8, 4) is 0 Å². The maximum Gasteiger partial charge on any atom is 0.0281 e. The number of allylic oxidation sites excluding steroid dienone is 2. The molecule has 0 spiro atoms. The Bertz CT molecular complexity index is 97.7. The molecule has 0 atom stereocenters. The van der Waals surface area contributed by atoms with E-state index in [1.165, 1.54) is 6.20 Å². The third kappa shape index (κ3) is 4.95. The lowest BCUT2D eigenvalue weighted by atomic mass is 10.6. The number of rotatable bonds is 2. The summed E-state index contributed by atoms with van der Waals surface area (Å²) >= 11 is 0. The summed E-state index contributed by atoms with van der Waals surface area (Å²) in [4.78, 5) is 3.81. The van der Waals surface area contributed by atoms with Crippen LogP contribution in [0.1, 0.15) is 6.92 Å². The predicted molar refractivity (Wildman–Crippen MR) is 36.6 cm³/mol. The van der Waals surface area contributed by atoms with Crippen LogP contribution in [-0.2, 0) is 0 Å². The molecular formula is C6H10N2. The Morgan fingerprint density at radius 1 is 1.50 bits per heavy atom. The maximum absolute atomic E-state index is 5.01. The van der Waals surface area contributed by atoms with E-state index in [-0.39, 0.29) is 0 Å². The molecule has 44 valence electrons. The molecule has 2 heteroatoms. The van der Waals surface area contributed by atoms with Crippen molar-refractivity contribution in [3.63, 3.8) is 0 Å². The monoisotopic (exact) mass is 110 g/mol. The molecule has 0 unspecified atom stereocenters. The van der Waals surface area contributed by atoms with Crippen LogP contribution in [0, 0.1) is 0 Å². The van der Waals surface area contributed by atoms with Crippen molar-refractivity contribution in [3.05, 3.63) is 24.6 Å². The van der Waals surface area contributed by atoms with Crippen molar-refractivity contribution in [1.82, 2.24) is 0 Å². The van der Waals surface area contributed by atoms with Gasteiger partial charge in [0.1, 0.15) is 0 Å². The third-order valence-electron chi connectivity index (χ3n) is 0.518. The molecule has 0 aromatic heterocycles. The van der Waals surface area contributed by atoms with Crippen molar-refractivity contribution in [1.29, 1.82) is 0 Å². The van der Waals surface area contributed by atoms with Gasteiger partial charge in [0, 0.05) is 12.4 Å². The molecule has 0 fully saturated rings. The van der Waals surface area contributed by atoms with E-state index in [9.17, 15) is 0 Å². The van der Waals surface area contributed by atoms with Gasteiger partial charge in [-0.3, -0.25) is 4.99 Å². The standard InChI is InChI=1S/C6H10N2/c1-2-5-8-6-3-4-7/h2-6H,7H2,1H3/b4-3-,5-2+,8-6-. The van der Waals surface area contributed by atoms with Gasteiger partial charge in [-0.25, -0.2) is 0 Å². The molecule has 0 saturated carbocycles. The summed E-state index contributed by atoms with van der Waals surface area (Å²) in [5.41, 5.74) is 5.01. The second-order valence-electron chi connectivity index (χ2n) is 1.17. The van der Waals surface area contributed by atoms with E-state index in [0.29, 0.717) is 0 Å². The fraction of sp³-hybridized carbons (Fsp3) is 0.167. The van der Waals surface area contributed by atoms with Crippen LogP contribution in [0.15, 0.2) is 29.5 Å². The molecule has 0 aliphatic carbocycles. The van der Waals surface area contributed by atoms with E-state index in [2.05, 4.69) is 4.99 Å². The summed E-state index contributed by atoms with van der Waals surface area (Å²) in [6.07, 6.45) is 8.27. The molecule has 2 nitrogen and oxygen atoms in total. The van der Waals surface area contributed by atoms with Gasteiger partial charge in [-0.1, -0.05) is 6.08 Å². The first kappa shape index (κ1) is 6.95. The zero-order valence-electron chi connectivity index (χ0n) is 4.91. The van der Waals surface area contributed by atoms with Crippen LogP contribution in [0.5, 0.6) is 0 Å². The van der Waals surface area contributed by atoms with Gasteiger partial charge in [-0.15, -0.1) is 0 Å². The quantitative estimate of drug-likeness (QED) is 0.530. The summed E-state index contributed by atoms with van der Waals surface area (Å²) in [7, 11) is 0. The minimum Gasteiger partial charge on any atom is -0.405 e. The van der Waals surface area contributed by atoms with Gasteiger partial charge in [0.2, 0.25) is 0 Å². The Kier molecular flexibility index (Phi) is 5.17. The van der Waals surface area contributed by atoms with Gasteiger partial charge >= 0.3 is 0 Å². The predicted octanol–water partition coefficient (Wildman–Crippen LogP) is 1.06. The zero-order chi connectivity index (χ0) is 6.24. The molecule has 0 amide bonds. The molecule has 0 saturated heterocycles. The second-order valence-corrected chi connectivity index (χ2v) is 1.17. The lowest BCUT2D eigenvalue weighted by Crippen LogP contribution is -1.74. The molecule has 0 radical (unpaired) electrons. The summed E-state index contributed by atoms with van der Waals surface area (Å²) in [5, 5.41) is 0. The smallest absolute Gasteiger partial charge is 0.0281 e. The molecular weight excluding hydrogens is 100 g/mol. The second kappa shape index (κ2) is 5.95. The molecule has 0 rings (SSSR count). The van der Waals surface area contributed by atoms with Crippen LogP contribution >= 0.6 is 0 Å². The molecule has 2 N–H and O–H groups in total. The average molecular weight is 110 g/mol. The SMILES string of the molecule is C/C=C/N=C\C=C/N. The topological polar surface area (TPSA) is 38.4 Å². The third-order valence-corrected chi connectivity index (χ3v) is 0.518. The highest BCUT2D eigenvalue weighted by atomic mass is 14.7. The highest BCUT2D eigenvalue weighted by molar-refractivity contribution is 5.71. The van der Waals surface area contributed by atoms with Crippen molar-refractivity contribution >= 4 is 6.21 Å². The van der Waals surface area contributed by atoms with Gasteiger partial charge in [-0.05, 0) is 19.2 Å². The molecule has 8 heavy (non-hydrogen) atoms. The molecule has 0 aliphatic heterocycles. The summed E-state index contributed by atoms with van der Waals surface area (Å²) < 4.78 is 0. The van der Waals surface area contributed by atoms with Crippen LogP contribution in [0.2, 0.25) is 0 Å². The van der Waals surface area contributed by atoms with E-state index >= 15 is 0 Å². The van der Waals surface area contributed by atoms with Crippen LogP contribution in [0.4, 0.5) is 0 Å².